The van der Waals surface area contributed by atoms with Crippen LogP contribution in [0.25, 0.3) is 0 Å². The van der Waals surface area contributed by atoms with Crippen molar-refractivity contribution < 1.29 is 14.3 Å². The van der Waals surface area contributed by atoms with Gasteiger partial charge in [0.05, 0.1) is 19.3 Å². The summed E-state index contributed by atoms with van der Waals surface area (Å²) in [5.41, 5.74) is 4.48. The molecule has 0 amide bonds. The van der Waals surface area contributed by atoms with E-state index in [-0.39, 0.29) is 5.97 Å². The van der Waals surface area contributed by atoms with Crippen molar-refractivity contribution in [2.45, 2.75) is 57.3 Å². The standard InChI is InChI=1S/C24H29NO3/c1-27-24(26)23-11-13-25-16-20(23)8-7-18-3-2-4-19-15-21(9-10-22(18)19)28-14-12-17-5-6-17/h9-11,13,15-18H,2-8,12,14H2,1H3/t18-/m1/s1. The number of nitrogens with zero attached hydrogens (tertiary/aromatic N) is 1. The Kier molecular flexibility index (Phi) is 5.94. The molecule has 1 heterocycles. The molecule has 1 aromatic heterocycles. The average Bonchev–Trinajstić information content (AvgIpc) is 3.56. The van der Waals surface area contributed by atoms with Gasteiger partial charge in [0, 0.05) is 12.4 Å². The molecule has 0 radical (unpaired) electrons. The van der Waals surface area contributed by atoms with Crippen LogP contribution in [0, 0.1) is 5.92 Å². The summed E-state index contributed by atoms with van der Waals surface area (Å²) in [4.78, 5) is 16.2. The number of benzene rings is 1. The summed E-state index contributed by atoms with van der Waals surface area (Å²) in [6.45, 7) is 0.837. The number of esters is 1. The predicted octanol–water partition coefficient (Wildman–Crippen LogP) is 5.10. The third kappa shape index (κ3) is 4.54. The molecule has 148 valence electrons. The largest absolute Gasteiger partial charge is 0.494 e. The topological polar surface area (TPSA) is 48.4 Å². The third-order valence-corrected chi connectivity index (χ3v) is 6.12. The quantitative estimate of drug-likeness (QED) is 0.599. The van der Waals surface area contributed by atoms with E-state index < -0.39 is 0 Å². The first-order chi connectivity index (χ1) is 13.7. The summed E-state index contributed by atoms with van der Waals surface area (Å²) in [7, 11) is 1.42. The monoisotopic (exact) mass is 379 g/mol. The third-order valence-electron chi connectivity index (χ3n) is 6.12. The van der Waals surface area contributed by atoms with Gasteiger partial charge in [-0.15, -0.1) is 0 Å². The van der Waals surface area contributed by atoms with Crippen LogP contribution in [0.15, 0.2) is 36.7 Å². The molecule has 0 unspecified atom stereocenters. The molecule has 4 heteroatoms. The van der Waals surface area contributed by atoms with Crippen molar-refractivity contribution in [3.05, 3.63) is 58.9 Å². The summed E-state index contributed by atoms with van der Waals surface area (Å²) >= 11 is 0. The summed E-state index contributed by atoms with van der Waals surface area (Å²) in [5.74, 6) is 2.16. The Morgan fingerprint density at radius 3 is 2.89 bits per heavy atom. The van der Waals surface area contributed by atoms with Gasteiger partial charge in [-0.3, -0.25) is 4.98 Å². The molecule has 2 aromatic rings. The van der Waals surface area contributed by atoms with Gasteiger partial charge in [0.25, 0.3) is 0 Å². The summed E-state index contributed by atoms with van der Waals surface area (Å²) in [6.07, 6.45) is 12.8. The van der Waals surface area contributed by atoms with Crippen LogP contribution in [0.5, 0.6) is 5.75 Å². The van der Waals surface area contributed by atoms with Crippen molar-refractivity contribution in [1.29, 1.82) is 0 Å². The zero-order valence-corrected chi connectivity index (χ0v) is 16.7. The lowest BCUT2D eigenvalue weighted by molar-refractivity contribution is 0.0599. The first-order valence-corrected chi connectivity index (χ1v) is 10.5. The smallest absolute Gasteiger partial charge is 0.338 e. The highest BCUT2D eigenvalue weighted by Gasteiger charge is 2.23. The SMILES string of the molecule is COC(=O)c1ccncc1CC[C@H]1CCCc2cc(OCCC3CC3)ccc21. The Hall–Kier alpha value is -2.36. The molecule has 1 saturated carbocycles. The second-order valence-corrected chi connectivity index (χ2v) is 8.09. The normalized spacial score (nSPS) is 18.4. The van der Waals surface area contributed by atoms with Gasteiger partial charge in [-0.2, -0.15) is 0 Å². The number of hydrogen-bond acceptors (Lipinski definition) is 4. The lowest BCUT2D eigenvalue weighted by Gasteiger charge is -2.26. The molecule has 1 aromatic carbocycles. The molecular weight excluding hydrogens is 350 g/mol. The molecule has 1 atom stereocenters. The lowest BCUT2D eigenvalue weighted by Crippen LogP contribution is -2.12. The maximum absolute atomic E-state index is 12.0. The maximum atomic E-state index is 12.0. The minimum Gasteiger partial charge on any atom is -0.494 e. The van der Waals surface area contributed by atoms with Crippen LogP contribution in [-0.2, 0) is 17.6 Å². The minimum atomic E-state index is -0.283. The first-order valence-electron chi connectivity index (χ1n) is 10.5. The highest BCUT2D eigenvalue weighted by molar-refractivity contribution is 5.90. The Morgan fingerprint density at radius 1 is 1.18 bits per heavy atom. The summed E-state index contributed by atoms with van der Waals surface area (Å²) < 4.78 is 10.9. The summed E-state index contributed by atoms with van der Waals surface area (Å²) in [6, 6.07) is 8.39. The maximum Gasteiger partial charge on any atom is 0.338 e. The van der Waals surface area contributed by atoms with Gasteiger partial charge in [0.1, 0.15) is 5.75 Å². The molecule has 2 aliphatic rings. The Balaban J connectivity index is 1.41. The number of hydrogen-bond donors (Lipinski definition) is 0. The van der Waals surface area contributed by atoms with E-state index in [0.29, 0.717) is 11.5 Å². The number of ether oxygens (including phenoxy) is 2. The van der Waals surface area contributed by atoms with Gasteiger partial charge in [-0.05, 0) is 85.3 Å². The highest BCUT2D eigenvalue weighted by Crippen LogP contribution is 2.37. The van der Waals surface area contributed by atoms with Crippen molar-refractivity contribution in [1.82, 2.24) is 4.98 Å². The molecule has 0 bridgehead atoms. The van der Waals surface area contributed by atoms with E-state index in [1.807, 2.05) is 0 Å². The van der Waals surface area contributed by atoms with E-state index in [2.05, 4.69) is 23.2 Å². The van der Waals surface area contributed by atoms with Gasteiger partial charge in [0.2, 0.25) is 0 Å². The van der Waals surface area contributed by atoms with Gasteiger partial charge in [-0.25, -0.2) is 4.79 Å². The number of methoxy groups -OCH3 is 1. The van der Waals surface area contributed by atoms with E-state index in [1.54, 1.807) is 18.5 Å². The number of aryl methyl sites for hydroxylation is 2. The number of aromatic nitrogens is 1. The molecule has 2 aliphatic carbocycles. The van der Waals surface area contributed by atoms with Crippen molar-refractivity contribution in [3.63, 3.8) is 0 Å². The fraction of sp³-hybridized carbons (Fsp3) is 0.500. The van der Waals surface area contributed by atoms with Gasteiger partial charge >= 0.3 is 5.97 Å². The Morgan fingerprint density at radius 2 is 2.07 bits per heavy atom. The first kappa shape index (κ1) is 19.0. The van der Waals surface area contributed by atoms with E-state index >= 15 is 0 Å². The van der Waals surface area contributed by atoms with E-state index in [4.69, 9.17) is 9.47 Å². The zero-order chi connectivity index (χ0) is 19.3. The molecule has 28 heavy (non-hydrogen) atoms. The summed E-state index contributed by atoms with van der Waals surface area (Å²) in [5, 5.41) is 0. The van der Waals surface area contributed by atoms with E-state index in [9.17, 15) is 4.79 Å². The van der Waals surface area contributed by atoms with Crippen LogP contribution >= 0.6 is 0 Å². The molecule has 0 aliphatic heterocycles. The van der Waals surface area contributed by atoms with Crippen molar-refractivity contribution in [2.75, 3.05) is 13.7 Å². The number of fused-ring (bicyclic) bond motifs is 1. The van der Waals surface area contributed by atoms with Crippen LogP contribution in [0.2, 0.25) is 0 Å². The van der Waals surface area contributed by atoms with Crippen molar-refractivity contribution >= 4 is 5.97 Å². The van der Waals surface area contributed by atoms with Crippen molar-refractivity contribution in [2.24, 2.45) is 5.92 Å². The van der Waals surface area contributed by atoms with Gasteiger partial charge < -0.3 is 9.47 Å². The number of carbonyl (C=O) groups excluding carboxylic acids is 1. The Bertz CT molecular complexity index is 828. The highest BCUT2D eigenvalue weighted by atomic mass is 16.5. The molecule has 0 spiro atoms. The second kappa shape index (κ2) is 8.76. The number of rotatable bonds is 8. The minimum absolute atomic E-state index is 0.283. The second-order valence-electron chi connectivity index (χ2n) is 8.09. The van der Waals surface area contributed by atoms with Crippen LogP contribution in [0.3, 0.4) is 0 Å². The Labute approximate surface area is 167 Å². The van der Waals surface area contributed by atoms with E-state index in [1.165, 1.54) is 50.3 Å². The number of pyridine rings is 1. The molecule has 4 nitrogen and oxygen atoms in total. The van der Waals surface area contributed by atoms with Gasteiger partial charge in [0.15, 0.2) is 0 Å². The molecule has 0 saturated heterocycles. The fourth-order valence-corrected chi connectivity index (χ4v) is 4.30. The van der Waals surface area contributed by atoms with Crippen LogP contribution in [-0.4, -0.2) is 24.7 Å². The van der Waals surface area contributed by atoms with Crippen LogP contribution in [0.1, 0.15) is 71.5 Å². The molecule has 1 fully saturated rings. The number of carbonyl (C=O) groups is 1. The fourth-order valence-electron chi connectivity index (χ4n) is 4.30. The van der Waals surface area contributed by atoms with Gasteiger partial charge in [-0.1, -0.05) is 18.9 Å². The lowest BCUT2D eigenvalue weighted by atomic mass is 9.79. The van der Waals surface area contributed by atoms with Crippen LogP contribution < -0.4 is 4.74 Å². The predicted molar refractivity (Wildman–Crippen MR) is 109 cm³/mol. The van der Waals surface area contributed by atoms with E-state index in [0.717, 1.165) is 43.1 Å². The average molecular weight is 380 g/mol. The molecule has 0 N–H and O–H groups in total. The molecular formula is C24H29NO3. The van der Waals surface area contributed by atoms with Crippen LogP contribution in [0.4, 0.5) is 0 Å². The zero-order valence-electron chi connectivity index (χ0n) is 16.7. The molecule has 4 rings (SSSR count). The van der Waals surface area contributed by atoms with Crippen molar-refractivity contribution in [3.8, 4) is 5.75 Å².